The summed E-state index contributed by atoms with van der Waals surface area (Å²) >= 11 is 0. The van der Waals surface area contributed by atoms with Crippen molar-refractivity contribution in [1.29, 1.82) is 0 Å². The molecule has 0 aliphatic carbocycles. The van der Waals surface area contributed by atoms with Crippen LogP contribution in [0.25, 0.3) is 11.2 Å². The first-order chi connectivity index (χ1) is 23.2. The van der Waals surface area contributed by atoms with Gasteiger partial charge in [-0.3, -0.25) is 13.9 Å². The van der Waals surface area contributed by atoms with E-state index in [1.54, 1.807) is 0 Å². The van der Waals surface area contributed by atoms with E-state index in [4.69, 9.17) is 29.4 Å². The smallest absolute Gasteiger partial charge is 0.283 e. The molecule has 1 saturated heterocycles. The summed E-state index contributed by atoms with van der Waals surface area (Å²) in [7, 11) is -7.94. The predicted octanol–water partition coefficient (Wildman–Crippen LogP) is 7.01. The third-order valence-corrected chi connectivity index (χ3v) is 50.0. The molecule has 288 valence electrons. The molecule has 0 amide bonds. The first-order valence-corrected chi connectivity index (χ1v) is 29.3. The van der Waals surface area contributed by atoms with E-state index >= 15 is 0 Å². The fourth-order valence-corrected chi connectivity index (χ4v) is 47.0. The lowest BCUT2D eigenvalue weighted by molar-refractivity contribution is -0.296. The van der Waals surface area contributed by atoms with Crippen molar-refractivity contribution in [2.75, 3.05) is 12.3 Å². The van der Waals surface area contributed by atoms with Crippen molar-refractivity contribution in [3.8, 4) is 0 Å². The summed E-state index contributed by atoms with van der Waals surface area (Å²) in [4.78, 5) is 37.7. The summed E-state index contributed by atoms with van der Waals surface area (Å²) in [5.41, 5.74) is 9.49. The minimum absolute atomic E-state index is 0.0192. The number of fused-ring (bicyclic) bond motifs is 1. The average molecular weight is 772 g/mol. The third-order valence-electron chi connectivity index (χ3n) is 11.3. The van der Waals surface area contributed by atoms with E-state index < -0.39 is 62.4 Å². The second kappa shape index (κ2) is 17.3. The standard InChI is InChI=1S/C34H69N5O7Si4/c1-19(2)47(20(3)4)49(23(9)10,24(11)12)45-42-17-27-30(44-46-50(25(13)14,26(15)16)48(21(5)6)22(7)8)29(40)33(43-27)39-32(41)28-31(37-18-36-28)38-34(39)35/h18-27,29-30,33,40,47-48H,17H2,1-16H3,(H2,35,38)(H,36,37)/t27-,29+,30-,33?/m1/s1. The molecule has 1 aliphatic rings. The zero-order valence-corrected chi connectivity index (χ0v) is 38.0. The molecule has 4 N–H and O–H groups in total. The van der Waals surface area contributed by atoms with Crippen LogP contribution in [0.5, 0.6) is 0 Å². The number of aromatic amines is 1. The summed E-state index contributed by atoms with van der Waals surface area (Å²) in [6.07, 6.45) is -2.94. The summed E-state index contributed by atoms with van der Waals surface area (Å²) in [5, 5.41) is 12.0. The number of nitrogen functional groups attached to an aromatic ring is 1. The topological polar surface area (TPSA) is 156 Å². The number of nitrogens with two attached hydrogens (primary N) is 1. The lowest BCUT2D eigenvalue weighted by Gasteiger charge is -2.46. The Kier molecular flexibility index (Phi) is 14.9. The highest BCUT2D eigenvalue weighted by Crippen LogP contribution is 2.46. The van der Waals surface area contributed by atoms with Crippen LogP contribution in [0, 0.1) is 0 Å². The first-order valence-electron chi connectivity index (χ1n) is 18.9. The van der Waals surface area contributed by atoms with Crippen LogP contribution in [0.2, 0.25) is 44.3 Å². The van der Waals surface area contributed by atoms with Gasteiger partial charge >= 0.3 is 0 Å². The number of nitrogens with zero attached hydrogens (tertiary/aromatic N) is 3. The highest BCUT2D eigenvalue weighted by Gasteiger charge is 2.57. The van der Waals surface area contributed by atoms with Gasteiger partial charge in [0.05, 0.1) is 23.0 Å². The van der Waals surface area contributed by atoms with E-state index in [1.165, 1.54) is 10.9 Å². The molecule has 12 nitrogen and oxygen atoms in total. The Morgan fingerprint density at radius 2 is 1.30 bits per heavy atom. The molecule has 16 heteroatoms. The van der Waals surface area contributed by atoms with Gasteiger partial charge in [-0.05, 0) is 22.2 Å². The molecule has 0 bridgehead atoms. The Hall–Kier alpha value is -1.22. The second-order valence-electron chi connectivity index (χ2n) is 17.2. The van der Waals surface area contributed by atoms with Crippen LogP contribution in [0.1, 0.15) is 117 Å². The fourth-order valence-electron chi connectivity index (χ4n) is 9.68. The van der Waals surface area contributed by atoms with Gasteiger partial charge in [0.15, 0.2) is 23.5 Å². The van der Waals surface area contributed by atoms with Crippen LogP contribution in [-0.2, 0) is 23.7 Å². The van der Waals surface area contributed by atoms with E-state index in [1.807, 2.05) is 0 Å². The Labute approximate surface area is 305 Å². The summed E-state index contributed by atoms with van der Waals surface area (Å²) in [6, 6.07) is 0. The number of hydrogen-bond donors (Lipinski definition) is 3. The van der Waals surface area contributed by atoms with Crippen molar-refractivity contribution in [3.63, 3.8) is 0 Å². The zero-order valence-electron chi connectivity index (χ0n) is 33.7. The van der Waals surface area contributed by atoms with Gasteiger partial charge < -0.3 is 20.6 Å². The SMILES string of the molecule is CC(C)[SiH](C(C)C)[Si](OOC[C@H]1OC(n2c(N)nc3nc[nH]c3c2=O)[C@@H](O)[C@@H]1OO[Si](C(C)C)(C(C)C)[SiH](C(C)C)C(C)C)(C(C)C)C(C)C. The quantitative estimate of drug-likeness (QED) is 0.0819. The minimum atomic E-state index is -2.54. The minimum Gasteiger partial charge on any atom is -0.385 e. The largest absolute Gasteiger partial charge is 0.385 e. The van der Waals surface area contributed by atoms with Crippen LogP contribution in [-0.4, -0.2) is 81.8 Å². The predicted molar refractivity (Wildman–Crippen MR) is 212 cm³/mol. The number of nitrogens with one attached hydrogen (secondary N) is 1. The number of aliphatic hydroxyl groups excluding tert-OH is 1. The van der Waals surface area contributed by atoms with Crippen LogP contribution in [0.3, 0.4) is 0 Å². The molecule has 1 unspecified atom stereocenters. The van der Waals surface area contributed by atoms with Gasteiger partial charge in [0.1, 0.15) is 18.8 Å². The van der Waals surface area contributed by atoms with Crippen LogP contribution < -0.4 is 11.3 Å². The van der Waals surface area contributed by atoms with Gasteiger partial charge in [-0.15, -0.1) is 0 Å². The third kappa shape index (κ3) is 8.13. The number of rotatable bonds is 18. The fraction of sp³-hybridized carbons (Fsp3) is 0.853. The van der Waals surface area contributed by atoms with Crippen molar-refractivity contribution in [2.24, 2.45) is 0 Å². The Balaban J connectivity index is 2.07. The maximum Gasteiger partial charge on any atom is 0.283 e. The molecule has 50 heavy (non-hydrogen) atoms. The van der Waals surface area contributed by atoms with Gasteiger partial charge in [0.2, 0.25) is 21.6 Å². The normalized spacial score (nSPS) is 21.2. The molecule has 4 atom stereocenters. The van der Waals surface area contributed by atoms with Crippen molar-refractivity contribution in [3.05, 3.63) is 16.7 Å². The average Bonchev–Trinajstić information content (AvgIpc) is 3.57. The lowest BCUT2D eigenvalue weighted by Crippen LogP contribution is -2.62. The molecular formula is C34H69N5O7Si4. The van der Waals surface area contributed by atoms with Gasteiger partial charge in [-0.25, -0.2) is 19.3 Å². The second-order valence-corrected chi connectivity index (χ2v) is 42.4. The maximum atomic E-state index is 13.7. The van der Waals surface area contributed by atoms with Crippen molar-refractivity contribution in [1.82, 2.24) is 19.5 Å². The molecule has 0 radical (unpaired) electrons. The highest BCUT2D eigenvalue weighted by molar-refractivity contribution is 7.32. The first kappa shape index (κ1) is 43.2. The van der Waals surface area contributed by atoms with E-state index in [2.05, 4.69) is 126 Å². The Bertz CT molecular complexity index is 1400. The number of aliphatic hydroxyl groups is 1. The van der Waals surface area contributed by atoms with Gasteiger partial charge in [0.25, 0.3) is 5.56 Å². The molecule has 2 aromatic rings. The van der Waals surface area contributed by atoms with E-state index in [9.17, 15) is 9.90 Å². The van der Waals surface area contributed by atoms with Crippen LogP contribution >= 0.6 is 0 Å². The summed E-state index contributed by atoms with van der Waals surface area (Å²) in [5.74, 6) is -0.120. The molecule has 0 spiro atoms. The number of hydrogen-bond acceptors (Lipinski definition) is 10. The van der Waals surface area contributed by atoms with Crippen LogP contribution in [0.15, 0.2) is 11.1 Å². The van der Waals surface area contributed by atoms with Crippen molar-refractivity contribution < 1.29 is 28.8 Å². The molecule has 0 saturated carbocycles. The number of imidazole rings is 1. The van der Waals surface area contributed by atoms with E-state index in [0.29, 0.717) is 33.2 Å². The number of aromatic nitrogens is 4. The molecule has 3 rings (SSSR count). The molecule has 3 heterocycles. The summed E-state index contributed by atoms with van der Waals surface area (Å²) < 4.78 is 21.3. The Morgan fingerprint density at radius 1 is 0.840 bits per heavy atom. The Morgan fingerprint density at radius 3 is 1.74 bits per heavy atom. The monoisotopic (exact) mass is 771 g/mol. The van der Waals surface area contributed by atoms with E-state index in [-0.39, 0.29) is 34.8 Å². The lowest BCUT2D eigenvalue weighted by atomic mass is 10.1. The van der Waals surface area contributed by atoms with Crippen LogP contribution in [0.4, 0.5) is 5.95 Å². The molecule has 1 aliphatic heterocycles. The number of H-pyrrole nitrogens is 1. The summed E-state index contributed by atoms with van der Waals surface area (Å²) in [6.45, 7) is 36.6. The van der Waals surface area contributed by atoms with Gasteiger partial charge in [-0.1, -0.05) is 133 Å². The van der Waals surface area contributed by atoms with Crippen molar-refractivity contribution in [2.45, 2.75) is 180 Å². The maximum absolute atomic E-state index is 13.7. The van der Waals surface area contributed by atoms with E-state index in [0.717, 1.165) is 0 Å². The zero-order chi connectivity index (χ0) is 38.0. The molecule has 0 aromatic carbocycles. The van der Waals surface area contributed by atoms with Crippen molar-refractivity contribution >= 4 is 49.4 Å². The molecule has 2 aromatic heterocycles. The molecular weight excluding hydrogens is 703 g/mol. The highest BCUT2D eigenvalue weighted by atomic mass is 29.2. The number of anilines is 1. The van der Waals surface area contributed by atoms with Gasteiger partial charge in [0, 0.05) is 0 Å². The van der Waals surface area contributed by atoms with Gasteiger partial charge in [-0.2, -0.15) is 4.98 Å². The number of ether oxygens (including phenoxy) is 1. The molecule has 1 fully saturated rings.